The molecule has 0 heterocycles. The van der Waals surface area contributed by atoms with Gasteiger partial charge in [-0.2, -0.15) is 0 Å². The van der Waals surface area contributed by atoms with Gasteiger partial charge in [0.25, 0.3) is 0 Å². The van der Waals surface area contributed by atoms with Gasteiger partial charge in [-0.15, -0.1) is 0 Å². The van der Waals surface area contributed by atoms with Crippen LogP contribution < -0.4 is 5.73 Å². The minimum absolute atomic E-state index is 0. The van der Waals surface area contributed by atoms with Crippen LogP contribution in [0.5, 0.6) is 0 Å². The van der Waals surface area contributed by atoms with Crippen LogP contribution in [0.25, 0.3) is 0 Å². The molecule has 0 aliphatic rings. The van der Waals surface area contributed by atoms with E-state index < -0.39 is 11.4 Å². The second-order valence-corrected chi connectivity index (χ2v) is 6.55. The molecule has 23 heavy (non-hydrogen) atoms. The van der Waals surface area contributed by atoms with Crippen molar-refractivity contribution in [3.8, 4) is 0 Å². The molecule has 4 nitrogen and oxygen atoms in total. The first-order valence-electron chi connectivity index (χ1n) is 8.95. The van der Waals surface area contributed by atoms with Crippen molar-refractivity contribution in [2.75, 3.05) is 6.54 Å². The molecule has 0 saturated heterocycles. The molecule has 0 aromatic rings. The Morgan fingerprint density at radius 3 is 1.61 bits per heavy atom. The number of carbonyl (C=O) groups is 2. The number of hydrogen-bond acceptors (Lipinski definition) is 3. The second-order valence-electron chi connectivity index (χ2n) is 6.55. The fraction of sp³-hybridized carbons (Fsp3) is 0.889. The van der Waals surface area contributed by atoms with Crippen molar-refractivity contribution in [3.63, 3.8) is 0 Å². The number of carboxylic acid groups (broad SMARTS) is 1. The molecule has 0 aromatic heterocycles. The van der Waals surface area contributed by atoms with E-state index in [1.165, 1.54) is 58.3 Å². The van der Waals surface area contributed by atoms with E-state index in [0.717, 1.165) is 19.3 Å². The third-order valence-electron chi connectivity index (χ3n) is 4.50. The van der Waals surface area contributed by atoms with Crippen LogP contribution in [0.2, 0.25) is 0 Å². The van der Waals surface area contributed by atoms with E-state index in [4.69, 9.17) is 10.8 Å². The van der Waals surface area contributed by atoms with Gasteiger partial charge in [-0.25, -0.2) is 0 Å². The fourth-order valence-electron chi connectivity index (χ4n) is 2.55. The third-order valence-corrected chi connectivity index (χ3v) is 4.50. The summed E-state index contributed by atoms with van der Waals surface area (Å²) in [5, 5.41) is 9.08. The first-order chi connectivity index (χ1) is 10.5. The average molecular weight is 337 g/mol. The summed E-state index contributed by atoms with van der Waals surface area (Å²) >= 11 is 0. The van der Waals surface area contributed by atoms with Gasteiger partial charge in [-0.05, 0) is 13.3 Å². The summed E-state index contributed by atoms with van der Waals surface area (Å²) in [7, 11) is 0. The van der Waals surface area contributed by atoms with Gasteiger partial charge in [0.05, 0.1) is 0 Å². The van der Waals surface area contributed by atoms with Crippen molar-refractivity contribution in [2.45, 2.75) is 90.9 Å². The SMILES string of the molecule is CCCCCCCCCCCCCC(=O)C(C)(CN)C(=O)O.[NaH]. The molecule has 0 fully saturated rings. The predicted molar refractivity (Wildman–Crippen MR) is 98.0 cm³/mol. The van der Waals surface area contributed by atoms with Crippen molar-refractivity contribution in [2.24, 2.45) is 11.1 Å². The molecule has 0 aliphatic heterocycles. The van der Waals surface area contributed by atoms with Gasteiger partial charge in [0.2, 0.25) is 0 Å². The first-order valence-corrected chi connectivity index (χ1v) is 8.95. The van der Waals surface area contributed by atoms with Crippen LogP contribution in [0, 0.1) is 5.41 Å². The van der Waals surface area contributed by atoms with Gasteiger partial charge in [0.1, 0.15) is 5.41 Å². The molecule has 0 rings (SSSR count). The molecule has 0 radical (unpaired) electrons. The molecule has 1 unspecified atom stereocenters. The molecule has 0 amide bonds. The normalized spacial score (nSPS) is 13.2. The summed E-state index contributed by atoms with van der Waals surface area (Å²) in [4.78, 5) is 23.0. The molecule has 0 aliphatic carbocycles. The van der Waals surface area contributed by atoms with E-state index in [1.54, 1.807) is 0 Å². The molecular weight excluding hydrogens is 301 g/mol. The summed E-state index contributed by atoms with van der Waals surface area (Å²) in [6.07, 6.45) is 13.8. The maximum atomic E-state index is 11.9. The Hall–Kier alpha value is 0.100. The number of aliphatic carboxylic acids is 1. The third kappa shape index (κ3) is 11.3. The number of ketones is 1. The monoisotopic (exact) mass is 337 g/mol. The predicted octanol–water partition coefficient (Wildman–Crippen LogP) is 3.66. The standard InChI is InChI=1S/C18H35NO3.Na.H/c1-3-4-5-6-7-8-9-10-11-12-13-14-16(20)18(2,15-19)17(21)22;;/h3-15,19H2,1-2H3,(H,21,22);;. The Bertz CT molecular complexity index is 323. The van der Waals surface area contributed by atoms with Gasteiger partial charge in [-0.3, -0.25) is 9.59 Å². The van der Waals surface area contributed by atoms with Gasteiger partial charge >= 0.3 is 35.5 Å². The van der Waals surface area contributed by atoms with Crippen LogP contribution in [0.4, 0.5) is 0 Å². The number of rotatable bonds is 15. The molecule has 0 spiro atoms. The Balaban J connectivity index is 0. The molecule has 1 atom stereocenters. The van der Waals surface area contributed by atoms with E-state index in [9.17, 15) is 9.59 Å². The molecule has 132 valence electrons. The van der Waals surface area contributed by atoms with Crippen molar-refractivity contribution in [1.82, 2.24) is 0 Å². The van der Waals surface area contributed by atoms with Crippen LogP contribution in [-0.2, 0) is 9.59 Å². The summed E-state index contributed by atoms with van der Waals surface area (Å²) in [5.41, 5.74) is 4.03. The van der Waals surface area contributed by atoms with Gasteiger partial charge in [0.15, 0.2) is 5.78 Å². The van der Waals surface area contributed by atoms with E-state index in [1.807, 2.05) is 0 Å². The number of hydrogen-bond donors (Lipinski definition) is 2. The zero-order chi connectivity index (χ0) is 16.8. The van der Waals surface area contributed by atoms with Crippen LogP contribution in [0.15, 0.2) is 0 Å². The molecule has 0 saturated carbocycles. The zero-order valence-corrected chi connectivity index (χ0v) is 14.5. The second kappa shape index (κ2) is 15.6. The number of Topliss-reactive ketones (excluding diaryl/α,β-unsaturated/α-hetero) is 1. The van der Waals surface area contributed by atoms with Crippen LogP contribution in [0.3, 0.4) is 0 Å². The van der Waals surface area contributed by atoms with E-state index in [0.29, 0.717) is 6.42 Å². The van der Waals surface area contributed by atoms with Crippen LogP contribution in [-0.4, -0.2) is 53.0 Å². The summed E-state index contributed by atoms with van der Waals surface area (Å²) in [6, 6.07) is 0. The summed E-state index contributed by atoms with van der Waals surface area (Å²) < 4.78 is 0. The zero-order valence-electron chi connectivity index (χ0n) is 14.5. The minimum atomic E-state index is -1.40. The maximum absolute atomic E-state index is 11.9. The molecular formula is C18H36NNaO3. The summed E-state index contributed by atoms with van der Waals surface area (Å²) in [6.45, 7) is 3.53. The van der Waals surface area contributed by atoms with E-state index >= 15 is 0 Å². The number of carbonyl (C=O) groups excluding carboxylic acids is 1. The van der Waals surface area contributed by atoms with Crippen molar-refractivity contribution in [1.29, 1.82) is 0 Å². The van der Waals surface area contributed by atoms with E-state index in [-0.39, 0.29) is 41.9 Å². The number of carboxylic acids is 1. The Morgan fingerprint density at radius 1 is 0.870 bits per heavy atom. The van der Waals surface area contributed by atoms with Gasteiger partial charge < -0.3 is 10.8 Å². The number of nitrogens with two attached hydrogens (primary N) is 1. The Labute approximate surface area is 164 Å². The van der Waals surface area contributed by atoms with Gasteiger partial charge in [0, 0.05) is 13.0 Å². The van der Waals surface area contributed by atoms with Gasteiger partial charge in [-0.1, -0.05) is 71.1 Å². The van der Waals surface area contributed by atoms with Crippen LogP contribution >= 0.6 is 0 Å². The van der Waals surface area contributed by atoms with E-state index in [2.05, 4.69) is 6.92 Å². The van der Waals surface area contributed by atoms with Crippen molar-refractivity contribution >= 4 is 41.3 Å². The Kier molecular flexibility index (Phi) is 17.2. The quantitative estimate of drug-likeness (QED) is 0.271. The molecule has 3 N–H and O–H groups in total. The fourth-order valence-corrected chi connectivity index (χ4v) is 2.55. The Morgan fingerprint density at radius 2 is 1.26 bits per heavy atom. The molecule has 5 heteroatoms. The number of unbranched alkanes of at least 4 members (excludes halogenated alkanes) is 10. The molecule has 0 aromatic carbocycles. The van der Waals surface area contributed by atoms with Crippen molar-refractivity contribution in [3.05, 3.63) is 0 Å². The van der Waals surface area contributed by atoms with Crippen molar-refractivity contribution < 1.29 is 14.7 Å². The first kappa shape index (κ1) is 25.3. The molecule has 0 bridgehead atoms. The average Bonchev–Trinajstić information content (AvgIpc) is 2.51. The topological polar surface area (TPSA) is 80.4 Å². The summed E-state index contributed by atoms with van der Waals surface area (Å²) in [5.74, 6) is -1.35. The van der Waals surface area contributed by atoms with Crippen LogP contribution in [0.1, 0.15) is 90.9 Å².